The first-order valence-electron chi connectivity index (χ1n) is 18.7. The first kappa shape index (κ1) is 30.1. The van der Waals surface area contributed by atoms with Gasteiger partial charge < -0.3 is 0 Å². The molecule has 0 aliphatic rings. The molecular weight excluding hydrogens is 669 g/mol. The number of hydrogen-bond acceptors (Lipinski definition) is 3. The second-order valence-electron chi connectivity index (χ2n) is 14.4. The van der Waals surface area contributed by atoms with Crippen LogP contribution in [-0.2, 0) is 0 Å². The Kier molecular flexibility index (Phi) is 6.31. The average molecular weight is 699 g/mol. The monoisotopic (exact) mass is 698 g/mol. The minimum atomic E-state index is 0.585. The Morgan fingerprint density at radius 1 is 0.291 bits per heavy atom. The lowest BCUT2D eigenvalue weighted by Crippen LogP contribution is -2.07. The van der Waals surface area contributed by atoms with Gasteiger partial charge in [0.2, 0.25) is 5.95 Å². The van der Waals surface area contributed by atoms with Gasteiger partial charge in [-0.25, -0.2) is 4.98 Å². The normalized spacial score (nSPS) is 12.0. The van der Waals surface area contributed by atoms with Gasteiger partial charge in [-0.05, 0) is 71.4 Å². The van der Waals surface area contributed by atoms with Crippen molar-refractivity contribution >= 4 is 86.4 Å². The zero-order valence-corrected chi connectivity index (χ0v) is 29.6. The summed E-state index contributed by atoms with van der Waals surface area (Å²) < 4.78 is 2.29. The van der Waals surface area contributed by atoms with E-state index >= 15 is 0 Å². The highest BCUT2D eigenvalue weighted by Gasteiger charge is 2.22. The average Bonchev–Trinajstić information content (AvgIpc) is 3.59. The molecule has 4 heteroatoms. The number of fused-ring (bicyclic) bond motifs is 13. The summed E-state index contributed by atoms with van der Waals surface area (Å²) in [6.07, 6.45) is 0. The van der Waals surface area contributed by atoms with E-state index in [1.54, 1.807) is 0 Å². The summed E-state index contributed by atoms with van der Waals surface area (Å²) in [5.41, 5.74) is 4.07. The highest BCUT2D eigenvalue weighted by atomic mass is 15.2. The predicted molar refractivity (Wildman–Crippen MR) is 230 cm³/mol. The third-order valence-electron chi connectivity index (χ3n) is 11.4. The highest BCUT2D eigenvalue weighted by Crippen LogP contribution is 2.43. The molecule has 0 bridgehead atoms. The van der Waals surface area contributed by atoms with E-state index in [2.05, 4.69) is 187 Å². The largest absolute Gasteiger partial charge is 0.277 e. The van der Waals surface area contributed by atoms with Crippen LogP contribution in [0.4, 0.5) is 0 Å². The Bertz CT molecular complexity index is 3450. The van der Waals surface area contributed by atoms with Crippen molar-refractivity contribution in [2.75, 3.05) is 0 Å². The fourth-order valence-electron chi connectivity index (χ4n) is 8.93. The van der Waals surface area contributed by atoms with Crippen molar-refractivity contribution in [3.05, 3.63) is 182 Å². The smallest absolute Gasteiger partial charge is 0.238 e. The van der Waals surface area contributed by atoms with Crippen molar-refractivity contribution < 1.29 is 0 Å². The maximum atomic E-state index is 5.44. The Labute approximate surface area is 315 Å². The van der Waals surface area contributed by atoms with Crippen molar-refractivity contribution in [2.24, 2.45) is 0 Å². The van der Waals surface area contributed by atoms with Crippen molar-refractivity contribution in [3.8, 4) is 28.7 Å². The second-order valence-corrected chi connectivity index (χ2v) is 14.4. The molecule has 12 aromatic rings. The van der Waals surface area contributed by atoms with Crippen LogP contribution in [0.15, 0.2) is 182 Å². The lowest BCUT2D eigenvalue weighted by Gasteiger charge is -2.14. The molecule has 0 aliphatic carbocycles. The number of hydrogen-bond donors (Lipinski definition) is 0. The van der Waals surface area contributed by atoms with E-state index in [1.807, 2.05) is 0 Å². The van der Waals surface area contributed by atoms with Gasteiger partial charge in [0.25, 0.3) is 0 Å². The molecule has 0 unspecified atom stereocenters. The van der Waals surface area contributed by atoms with Gasteiger partial charge in [-0.15, -0.1) is 0 Å². The number of nitrogens with zero attached hydrogens (tertiary/aromatic N) is 4. The molecule has 0 N–H and O–H groups in total. The summed E-state index contributed by atoms with van der Waals surface area (Å²) in [5.74, 6) is 1.86. The second kappa shape index (κ2) is 11.5. The van der Waals surface area contributed by atoms with E-state index in [0.29, 0.717) is 17.6 Å². The third kappa shape index (κ3) is 4.43. The minimum absolute atomic E-state index is 0.585. The Balaban J connectivity index is 1.27. The van der Waals surface area contributed by atoms with Crippen molar-refractivity contribution in [1.29, 1.82) is 0 Å². The van der Waals surface area contributed by atoms with Crippen LogP contribution in [-0.4, -0.2) is 19.5 Å². The van der Waals surface area contributed by atoms with E-state index in [4.69, 9.17) is 15.0 Å². The summed E-state index contributed by atoms with van der Waals surface area (Å²) in [6.45, 7) is 0. The molecule has 0 amide bonds. The van der Waals surface area contributed by atoms with E-state index in [-0.39, 0.29) is 0 Å². The van der Waals surface area contributed by atoms with Crippen LogP contribution in [0.1, 0.15) is 0 Å². The van der Waals surface area contributed by atoms with Gasteiger partial charge in [-0.3, -0.25) is 4.57 Å². The summed E-state index contributed by atoms with van der Waals surface area (Å²) >= 11 is 0. The molecule has 0 radical (unpaired) electrons. The predicted octanol–water partition coefficient (Wildman–Crippen LogP) is 13.2. The molecule has 2 aromatic heterocycles. The van der Waals surface area contributed by atoms with Gasteiger partial charge in [0, 0.05) is 27.3 Å². The molecule has 4 nitrogen and oxygen atoms in total. The van der Waals surface area contributed by atoms with Crippen LogP contribution in [0.3, 0.4) is 0 Å². The molecule has 0 aliphatic heterocycles. The van der Waals surface area contributed by atoms with Gasteiger partial charge in [0.1, 0.15) is 0 Å². The highest BCUT2D eigenvalue weighted by molar-refractivity contribution is 6.29. The van der Waals surface area contributed by atoms with Crippen LogP contribution >= 0.6 is 0 Å². The molecule has 0 spiro atoms. The lowest BCUT2D eigenvalue weighted by atomic mass is 9.93. The zero-order chi connectivity index (χ0) is 36.0. The van der Waals surface area contributed by atoms with Crippen LogP contribution in [0.5, 0.6) is 0 Å². The fraction of sp³-hybridized carbons (Fsp3) is 0. The molecule has 0 fully saturated rings. The van der Waals surface area contributed by atoms with E-state index in [9.17, 15) is 0 Å². The Hall–Kier alpha value is -7.43. The molecular formula is C51H30N4. The summed E-state index contributed by atoms with van der Waals surface area (Å²) in [7, 11) is 0. The summed E-state index contributed by atoms with van der Waals surface area (Å²) in [4.78, 5) is 16.2. The minimum Gasteiger partial charge on any atom is -0.277 e. The van der Waals surface area contributed by atoms with Crippen molar-refractivity contribution in [3.63, 3.8) is 0 Å². The van der Waals surface area contributed by atoms with E-state index in [1.165, 1.54) is 32.3 Å². The molecule has 254 valence electrons. The van der Waals surface area contributed by atoms with Crippen molar-refractivity contribution in [2.45, 2.75) is 0 Å². The lowest BCUT2D eigenvalue weighted by molar-refractivity contribution is 0.957. The number of aromatic nitrogens is 4. The third-order valence-corrected chi connectivity index (χ3v) is 11.4. The summed E-state index contributed by atoms with van der Waals surface area (Å²) in [5, 5.41) is 16.5. The van der Waals surface area contributed by atoms with Crippen LogP contribution in [0.2, 0.25) is 0 Å². The first-order chi connectivity index (χ1) is 27.3. The van der Waals surface area contributed by atoms with Crippen LogP contribution in [0, 0.1) is 0 Å². The van der Waals surface area contributed by atoms with Crippen LogP contribution in [0.25, 0.3) is 115 Å². The standard InChI is InChI=1S/C51H30N4/c1-4-18-34-31(13-1)16-11-25-42(34)49-52-50(43-26-12-17-32-14-2-5-19-35(32)43)54-51(53-49)55-47-30-45-40-24-10-8-22-38(40)37-21-7-9-23-39(37)44(45)29-46(47)41-28-27-33-15-3-6-20-36(33)48(41)55/h1-30H. The first-order valence-corrected chi connectivity index (χ1v) is 18.7. The molecule has 0 saturated heterocycles. The SMILES string of the molecule is c1ccc2c(-c3nc(-c4cccc5ccccc45)nc(-n4c5cc6c7ccccc7c7ccccc7c6cc5c5ccc6ccccc6c54)n3)cccc2c1. The van der Waals surface area contributed by atoms with Gasteiger partial charge in [-0.1, -0.05) is 170 Å². The molecule has 0 saturated carbocycles. The Morgan fingerprint density at radius 2 is 0.727 bits per heavy atom. The zero-order valence-electron chi connectivity index (χ0n) is 29.6. The maximum Gasteiger partial charge on any atom is 0.238 e. The van der Waals surface area contributed by atoms with Crippen molar-refractivity contribution in [1.82, 2.24) is 19.5 Å². The van der Waals surface area contributed by atoms with Gasteiger partial charge in [-0.2, -0.15) is 9.97 Å². The molecule has 55 heavy (non-hydrogen) atoms. The van der Waals surface area contributed by atoms with Gasteiger partial charge >= 0.3 is 0 Å². The fourth-order valence-corrected chi connectivity index (χ4v) is 8.93. The Morgan fingerprint density at radius 3 is 1.29 bits per heavy atom. The van der Waals surface area contributed by atoms with Gasteiger partial charge in [0.15, 0.2) is 11.6 Å². The number of benzene rings is 10. The molecule has 2 heterocycles. The quantitative estimate of drug-likeness (QED) is 0.173. The van der Waals surface area contributed by atoms with E-state index in [0.717, 1.165) is 65.3 Å². The maximum absolute atomic E-state index is 5.44. The summed E-state index contributed by atoms with van der Waals surface area (Å²) in [6, 6.07) is 65.1. The molecule has 12 rings (SSSR count). The van der Waals surface area contributed by atoms with E-state index < -0.39 is 0 Å². The van der Waals surface area contributed by atoms with Gasteiger partial charge in [0.05, 0.1) is 11.0 Å². The number of rotatable bonds is 3. The molecule has 0 atom stereocenters. The van der Waals surface area contributed by atoms with Crippen LogP contribution < -0.4 is 0 Å². The topological polar surface area (TPSA) is 43.6 Å². The molecule has 10 aromatic carbocycles.